The van der Waals surface area contributed by atoms with Gasteiger partial charge in [0.25, 0.3) is 5.56 Å². The van der Waals surface area contributed by atoms with Gasteiger partial charge in [-0.2, -0.15) is 4.31 Å². The van der Waals surface area contributed by atoms with Crippen LogP contribution in [0.4, 0.5) is 0 Å². The molecule has 1 fully saturated rings. The van der Waals surface area contributed by atoms with Crippen LogP contribution < -0.4 is 5.56 Å². The van der Waals surface area contributed by atoms with Crippen LogP contribution in [0.2, 0.25) is 10.0 Å². The molecular weight excluding hydrogens is 601 g/mol. The Kier molecular flexibility index (Phi) is 7.76. The summed E-state index contributed by atoms with van der Waals surface area (Å²) in [4.78, 5) is 20.2. The highest BCUT2D eigenvalue weighted by molar-refractivity contribution is 7.89. The largest absolute Gasteiger partial charge is 0.308 e. The molecule has 5 rings (SSSR count). The summed E-state index contributed by atoms with van der Waals surface area (Å²) in [5, 5.41) is 8.99. The predicted molar refractivity (Wildman–Crippen MR) is 150 cm³/mol. The van der Waals surface area contributed by atoms with Gasteiger partial charge < -0.3 is 4.98 Å². The van der Waals surface area contributed by atoms with Gasteiger partial charge in [-0.25, -0.2) is 30.8 Å². The van der Waals surface area contributed by atoms with Crippen molar-refractivity contribution in [1.82, 2.24) is 33.6 Å². The Morgan fingerprint density at radius 1 is 1.00 bits per heavy atom. The maximum Gasteiger partial charge on any atom is 0.281 e. The summed E-state index contributed by atoms with van der Waals surface area (Å²) < 4.78 is 55.0. The number of nitrogens with one attached hydrogen (secondary N) is 1. The Labute approximate surface area is 240 Å². The molecule has 2 aromatic heterocycles. The van der Waals surface area contributed by atoms with Gasteiger partial charge in [0.1, 0.15) is 5.82 Å². The van der Waals surface area contributed by atoms with E-state index in [9.17, 15) is 21.6 Å². The molecule has 0 atom stereocenters. The number of nitrogens with zero attached hydrogens (tertiary/aromatic N) is 6. The minimum Gasteiger partial charge on any atom is -0.308 e. The highest BCUT2D eigenvalue weighted by Gasteiger charge is 2.32. The molecule has 1 aliphatic rings. The predicted octanol–water partition coefficient (Wildman–Crippen LogP) is 2.69. The standard InChI is InChI=1S/C24H25Cl2N7O5S2/c1-31(2)39(35,36)18-5-7-19(8-6-18)40(37,38)32-11-9-15(10-12-32)22-27-23-21(24(34)28-22)29-30-33(23)14-16-3-4-17(25)13-20(16)26/h3-8,13,15H,9-12,14H2,1-2H3,(H,27,28,34). The van der Waals surface area contributed by atoms with E-state index in [-0.39, 0.29) is 40.9 Å². The van der Waals surface area contributed by atoms with Gasteiger partial charge in [-0.3, -0.25) is 4.79 Å². The van der Waals surface area contributed by atoms with Crippen LogP contribution >= 0.6 is 23.2 Å². The van der Waals surface area contributed by atoms with E-state index >= 15 is 0 Å². The van der Waals surface area contributed by atoms with E-state index in [0.29, 0.717) is 34.4 Å². The fraction of sp³-hybridized carbons (Fsp3) is 0.333. The second-order valence-electron chi connectivity index (χ2n) is 9.54. The Morgan fingerprint density at radius 3 is 2.27 bits per heavy atom. The highest BCUT2D eigenvalue weighted by Crippen LogP contribution is 2.30. The maximum atomic E-state index is 13.2. The van der Waals surface area contributed by atoms with Crippen LogP contribution in [0.25, 0.3) is 11.2 Å². The fourth-order valence-electron chi connectivity index (χ4n) is 4.51. The van der Waals surface area contributed by atoms with Crippen LogP contribution in [0.1, 0.15) is 30.1 Å². The summed E-state index contributed by atoms with van der Waals surface area (Å²) >= 11 is 12.3. The van der Waals surface area contributed by atoms with Gasteiger partial charge in [0, 0.05) is 43.1 Å². The first-order valence-electron chi connectivity index (χ1n) is 12.2. The zero-order valence-electron chi connectivity index (χ0n) is 21.5. The van der Waals surface area contributed by atoms with Gasteiger partial charge in [-0.05, 0) is 54.8 Å². The first-order valence-corrected chi connectivity index (χ1v) is 15.8. The smallest absolute Gasteiger partial charge is 0.281 e. The van der Waals surface area contributed by atoms with E-state index in [2.05, 4.69) is 20.3 Å². The molecule has 0 unspecified atom stereocenters. The lowest BCUT2D eigenvalue weighted by Gasteiger charge is -2.30. The van der Waals surface area contributed by atoms with Crippen molar-refractivity contribution in [2.24, 2.45) is 0 Å². The Hall–Kier alpha value is -2.88. The Morgan fingerprint density at radius 2 is 1.65 bits per heavy atom. The van der Waals surface area contributed by atoms with Crippen molar-refractivity contribution in [3.63, 3.8) is 0 Å². The Balaban J connectivity index is 1.34. The van der Waals surface area contributed by atoms with Crippen molar-refractivity contribution >= 4 is 54.4 Å². The van der Waals surface area contributed by atoms with Gasteiger partial charge in [0.15, 0.2) is 11.2 Å². The number of sulfonamides is 2. The zero-order chi connectivity index (χ0) is 28.8. The molecule has 40 heavy (non-hydrogen) atoms. The SMILES string of the molecule is CN(C)S(=O)(=O)c1ccc(S(=O)(=O)N2CCC(c3nc4c(nnn4Cc4ccc(Cl)cc4Cl)c(=O)[nH]3)CC2)cc1. The van der Waals surface area contributed by atoms with Crippen LogP contribution in [0.15, 0.2) is 57.1 Å². The second-order valence-corrected chi connectivity index (χ2v) is 14.5. The molecule has 3 heterocycles. The molecule has 1 saturated heterocycles. The summed E-state index contributed by atoms with van der Waals surface area (Å²) in [5.74, 6) is 0.233. The van der Waals surface area contributed by atoms with Gasteiger partial charge in [-0.1, -0.05) is 34.5 Å². The quantitative estimate of drug-likeness (QED) is 0.329. The average Bonchev–Trinajstić information content (AvgIpc) is 3.33. The van der Waals surface area contributed by atoms with Gasteiger partial charge in [0.2, 0.25) is 20.0 Å². The van der Waals surface area contributed by atoms with Crippen LogP contribution in [-0.4, -0.2) is 77.6 Å². The van der Waals surface area contributed by atoms with Crippen LogP contribution in [0.3, 0.4) is 0 Å². The minimum absolute atomic E-state index is 0.00689. The topological polar surface area (TPSA) is 151 Å². The second kappa shape index (κ2) is 10.8. The van der Waals surface area contributed by atoms with Gasteiger partial charge in [-0.15, -0.1) is 5.10 Å². The monoisotopic (exact) mass is 625 g/mol. The lowest BCUT2D eigenvalue weighted by molar-refractivity contribution is 0.313. The van der Waals surface area contributed by atoms with Crippen molar-refractivity contribution in [1.29, 1.82) is 0 Å². The molecule has 12 nitrogen and oxygen atoms in total. The number of fused-ring (bicyclic) bond motifs is 1. The third-order valence-corrected chi connectivity index (χ3v) is 11.1. The third kappa shape index (κ3) is 5.39. The number of H-pyrrole nitrogens is 1. The zero-order valence-corrected chi connectivity index (χ0v) is 24.6. The molecule has 1 aliphatic heterocycles. The van der Waals surface area contributed by atoms with Crippen molar-refractivity contribution in [2.45, 2.75) is 35.1 Å². The number of hydrogen-bond donors (Lipinski definition) is 1. The van der Waals surface area contributed by atoms with E-state index in [4.69, 9.17) is 23.2 Å². The molecule has 0 aliphatic carbocycles. The van der Waals surface area contributed by atoms with Crippen molar-refractivity contribution < 1.29 is 16.8 Å². The van der Waals surface area contributed by atoms with E-state index in [1.807, 2.05) is 0 Å². The number of hydrogen-bond acceptors (Lipinski definition) is 8. The van der Waals surface area contributed by atoms with Crippen molar-refractivity contribution in [3.8, 4) is 0 Å². The lowest BCUT2D eigenvalue weighted by atomic mass is 9.97. The maximum absolute atomic E-state index is 13.2. The van der Waals surface area contributed by atoms with Crippen LogP contribution in [0.5, 0.6) is 0 Å². The number of rotatable bonds is 7. The minimum atomic E-state index is -3.85. The summed E-state index contributed by atoms with van der Waals surface area (Å²) in [6.07, 6.45) is 0.844. The molecule has 1 N–H and O–H groups in total. The summed E-state index contributed by atoms with van der Waals surface area (Å²) in [7, 11) is -4.71. The van der Waals surface area contributed by atoms with Crippen molar-refractivity contribution in [3.05, 3.63) is 74.3 Å². The highest BCUT2D eigenvalue weighted by atomic mass is 35.5. The lowest BCUT2D eigenvalue weighted by Crippen LogP contribution is -2.38. The summed E-state index contributed by atoms with van der Waals surface area (Å²) in [6.45, 7) is 0.627. The van der Waals surface area contributed by atoms with E-state index in [0.717, 1.165) is 9.87 Å². The van der Waals surface area contributed by atoms with Crippen molar-refractivity contribution in [2.75, 3.05) is 27.2 Å². The molecule has 4 aromatic rings. The third-order valence-electron chi connectivity index (χ3n) is 6.81. The molecule has 0 spiro atoms. The number of aromatic nitrogens is 5. The molecule has 0 saturated carbocycles. The molecular formula is C24H25Cl2N7O5S2. The fourth-order valence-corrected chi connectivity index (χ4v) is 7.35. The molecule has 0 bridgehead atoms. The van der Waals surface area contributed by atoms with Gasteiger partial charge >= 0.3 is 0 Å². The summed E-state index contributed by atoms with van der Waals surface area (Å²) in [6, 6.07) is 10.2. The van der Waals surface area contributed by atoms with E-state index < -0.39 is 25.6 Å². The molecule has 0 amide bonds. The number of benzene rings is 2. The first-order chi connectivity index (χ1) is 18.9. The molecule has 2 aromatic carbocycles. The molecule has 16 heteroatoms. The summed E-state index contributed by atoms with van der Waals surface area (Å²) in [5.41, 5.74) is 0.685. The average molecular weight is 627 g/mol. The first kappa shape index (κ1) is 28.6. The van der Waals surface area contributed by atoms with Crippen LogP contribution in [0, 0.1) is 0 Å². The number of aromatic amines is 1. The Bertz CT molecular complexity index is 1850. The van der Waals surface area contributed by atoms with Gasteiger partial charge in [0.05, 0.1) is 16.3 Å². The van der Waals surface area contributed by atoms with Crippen LogP contribution in [-0.2, 0) is 26.6 Å². The normalized spacial score (nSPS) is 15.7. The molecule has 0 radical (unpaired) electrons. The number of halogens is 2. The number of piperidine rings is 1. The van der Waals surface area contributed by atoms with E-state index in [1.165, 1.54) is 47.3 Å². The van der Waals surface area contributed by atoms with E-state index in [1.54, 1.807) is 18.2 Å². The molecule has 212 valence electrons.